The molecule has 0 amide bonds. The molecule has 0 radical (unpaired) electrons. The van der Waals surface area contributed by atoms with Gasteiger partial charge in [-0.3, -0.25) is 4.98 Å². The summed E-state index contributed by atoms with van der Waals surface area (Å²) in [5.74, 6) is 0.453. The van der Waals surface area contributed by atoms with Gasteiger partial charge in [0.15, 0.2) is 0 Å². The van der Waals surface area contributed by atoms with Gasteiger partial charge in [0.05, 0.1) is 26.3 Å². The van der Waals surface area contributed by atoms with Crippen LogP contribution in [0, 0.1) is 12.8 Å². The first-order chi connectivity index (χ1) is 11.3. The number of hydrogen-bond donors (Lipinski definition) is 0. The Morgan fingerprint density at radius 3 is 2.91 bits per heavy atom. The van der Waals surface area contributed by atoms with Gasteiger partial charge in [-0.15, -0.1) is 10.2 Å². The SMILES string of the molecule is Cc1nnc(N2CC3(C2)OCCC3COCc2ccncc2)s1. The summed E-state index contributed by atoms with van der Waals surface area (Å²) >= 11 is 1.64. The van der Waals surface area contributed by atoms with Crippen molar-refractivity contribution in [1.29, 1.82) is 0 Å². The molecule has 2 fully saturated rings. The van der Waals surface area contributed by atoms with Crippen molar-refractivity contribution in [2.75, 3.05) is 31.2 Å². The summed E-state index contributed by atoms with van der Waals surface area (Å²) in [6.07, 6.45) is 4.67. The molecule has 6 nitrogen and oxygen atoms in total. The van der Waals surface area contributed by atoms with Crippen molar-refractivity contribution in [3.05, 3.63) is 35.1 Å². The minimum Gasteiger partial charge on any atom is -0.376 e. The quantitative estimate of drug-likeness (QED) is 0.835. The maximum atomic E-state index is 6.08. The Bertz CT molecular complexity index is 657. The minimum absolute atomic E-state index is 0.0577. The van der Waals surface area contributed by atoms with Gasteiger partial charge in [-0.25, -0.2) is 0 Å². The summed E-state index contributed by atoms with van der Waals surface area (Å²) in [5, 5.41) is 10.3. The van der Waals surface area contributed by atoms with E-state index < -0.39 is 0 Å². The van der Waals surface area contributed by atoms with Crippen molar-refractivity contribution in [3.63, 3.8) is 0 Å². The van der Waals surface area contributed by atoms with E-state index in [0.717, 1.165) is 48.4 Å². The number of rotatable bonds is 5. The predicted molar refractivity (Wildman–Crippen MR) is 87.5 cm³/mol. The standard InChI is InChI=1S/C16H20N4O2S/c1-12-18-19-15(23-12)20-10-16(11-20)14(4-7-22-16)9-21-8-13-2-5-17-6-3-13/h2-3,5-6,14H,4,7-11H2,1H3. The van der Waals surface area contributed by atoms with E-state index in [1.807, 2.05) is 19.1 Å². The highest BCUT2D eigenvalue weighted by Crippen LogP contribution is 2.42. The summed E-state index contributed by atoms with van der Waals surface area (Å²) in [4.78, 5) is 6.28. The normalized spacial score (nSPS) is 22.5. The molecular formula is C16H20N4O2S. The molecule has 0 N–H and O–H groups in total. The van der Waals surface area contributed by atoms with Crippen LogP contribution in [0.3, 0.4) is 0 Å². The van der Waals surface area contributed by atoms with E-state index in [9.17, 15) is 0 Å². The molecule has 7 heteroatoms. The van der Waals surface area contributed by atoms with Gasteiger partial charge in [0.1, 0.15) is 10.6 Å². The second kappa shape index (κ2) is 6.14. The molecule has 0 saturated carbocycles. The zero-order chi connectivity index (χ0) is 15.7. The molecule has 1 spiro atoms. The Balaban J connectivity index is 1.31. The molecule has 4 heterocycles. The lowest BCUT2D eigenvalue weighted by Gasteiger charge is -2.49. The first kappa shape index (κ1) is 15.0. The fraction of sp³-hybridized carbons (Fsp3) is 0.562. The molecule has 4 rings (SSSR count). The van der Waals surface area contributed by atoms with E-state index in [2.05, 4.69) is 20.1 Å². The van der Waals surface area contributed by atoms with Crippen LogP contribution in [0.4, 0.5) is 5.13 Å². The van der Waals surface area contributed by atoms with Crippen molar-refractivity contribution in [2.24, 2.45) is 5.92 Å². The Morgan fingerprint density at radius 1 is 1.35 bits per heavy atom. The van der Waals surface area contributed by atoms with E-state index in [-0.39, 0.29) is 5.60 Å². The summed E-state index contributed by atoms with van der Waals surface area (Å²) in [5.41, 5.74) is 1.10. The van der Waals surface area contributed by atoms with Crippen molar-refractivity contribution in [3.8, 4) is 0 Å². The Hall–Kier alpha value is -1.57. The lowest BCUT2D eigenvalue weighted by atomic mass is 9.81. The fourth-order valence-electron chi connectivity index (χ4n) is 3.32. The molecule has 1 unspecified atom stereocenters. The zero-order valence-electron chi connectivity index (χ0n) is 13.1. The van der Waals surface area contributed by atoms with Crippen molar-refractivity contribution in [1.82, 2.24) is 15.2 Å². The predicted octanol–water partition coefficient (Wildman–Crippen LogP) is 2.05. The van der Waals surface area contributed by atoms with Crippen LogP contribution in [0.25, 0.3) is 0 Å². The van der Waals surface area contributed by atoms with Crippen LogP contribution in [-0.2, 0) is 16.1 Å². The molecule has 2 aliphatic rings. The lowest BCUT2D eigenvalue weighted by Crippen LogP contribution is -2.65. The van der Waals surface area contributed by atoms with Gasteiger partial charge in [0, 0.05) is 24.9 Å². The molecule has 0 aliphatic carbocycles. The third-order valence-corrected chi connectivity index (χ3v) is 5.54. The molecule has 0 aromatic carbocycles. The van der Waals surface area contributed by atoms with E-state index in [4.69, 9.17) is 9.47 Å². The monoisotopic (exact) mass is 332 g/mol. The van der Waals surface area contributed by atoms with Gasteiger partial charge < -0.3 is 14.4 Å². The highest BCUT2D eigenvalue weighted by Gasteiger charge is 2.53. The van der Waals surface area contributed by atoms with Gasteiger partial charge in [0.25, 0.3) is 0 Å². The molecule has 2 aromatic rings. The number of nitrogens with zero attached hydrogens (tertiary/aromatic N) is 4. The molecule has 1 atom stereocenters. The van der Waals surface area contributed by atoms with Crippen LogP contribution in [-0.4, -0.2) is 47.1 Å². The molecule has 0 bridgehead atoms. The van der Waals surface area contributed by atoms with Crippen LogP contribution < -0.4 is 4.90 Å². The second-order valence-electron chi connectivity index (χ2n) is 6.23. The average Bonchev–Trinajstić information content (AvgIpc) is 3.13. The minimum atomic E-state index is -0.0577. The third-order valence-electron chi connectivity index (χ3n) is 4.64. The topological polar surface area (TPSA) is 60.4 Å². The number of anilines is 1. The molecule has 2 aromatic heterocycles. The van der Waals surface area contributed by atoms with Crippen molar-refractivity contribution >= 4 is 16.5 Å². The fourth-order valence-corrected chi connectivity index (χ4v) is 4.00. The van der Waals surface area contributed by atoms with Gasteiger partial charge >= 0.3 is 0 Å². The Morgan fingerprint density at radius 2 is 2.17 bits per heavy atom. The van der Waals surface area contributed by atoms with E-state index in [1.54, 1.807) is 23.7 Å². The van der Waals surface area contributed by atoms with E-state index in [1.165, 1.54) is 0 Å². The van der Waals surface area contributed by atoms with Crippen molar-refractivity contribution in [2.45, 2.75) is 25.6 Å². The Kier molecular flexibility index (Phi) is 4.00. The number of pyridine rings is 1. The van der Waals surface area contributed by atoms with E-state index in [0.29, 0.717) is 12.5 Å². The number of ether oxygens (including phenoxy) is 2. The van der Waals surface area contributed by atoms with Crippen LogP contribution in [0.2, 0.25) is 0 Å². The van der Waals surface area contributed by atoms with Crippen LogP contribution in [0.1, 0.15) is 17.0 Å². The molecule has 23 heavy (non-hydrogen) atoms. The van der Waals surface area contributed by atoms with Crippen molar-refractivity contribution < 1.29 is 9.47 Å². The van der Waals surface area contributed by atoms with Gasteiger partial charge in [0.2, 0.25) is 5.13 Å². The smallest absolute Gasteiger partial charge is 0.208 e. The number of aryl methyl sites for hydroxylation is 1. The average molecular weight is 332 g/mol. The van der Waals surface area contributed by atoms with Crippen LogP contribution in [0.15, 0.2) is 24.5 Å². The summed E-state index contributed by atoms with van der Waals surface area (Å²) in [7, 11) is 0. The van der Waals surface area contributed by atoms with Gasteiger partial charge in [-0.05, 0) is 31.0 Å². The second-order valence-corrected chi connectivity index (χ2v) is 7.39. The summed E-state index contributed by atoms with van der Waals surface area (Å²) in [6, 6.07) is 3.98. The molecule has 2 saturated heterocycles. The molecular weight excluding hydrogens is 312 g/mol. The van der Waals surface area contributed by atoms with Crippen LogP contribution >= 0.6 is 11.3 Å². The summed E-state index contributed by atoms with van der Waals surface area (Å²) < 4.78 is 12.0. The first-order valence-electron chi connectivity index (χ1n) is 7.91. The largest absolute Gasteiger partial charge is 0.376 e. The highest BCUT2D eigenvalue weighted by molar-refractivity contribution is 7.15. The third kappa shape index (κ3) is 2.96. The first-order valence-corrected chi connectivity index (χ1v) is 8.72. The Labute approximate surface area is 139 Å². The lowest BCUT2D eigenvalue weighted by molar-refractivity contribution is -0.0652. The van der Waals surface area contributed by atoms with Crippen LogP contribution in [0.5, 0.6) is 0 Å². The summed E-state index contributed by atoms with van der Waals surface area (Å²) in [6.45, 7) is 5.97. The van der Waals surface area contributed by atoms with E-state index >= 15 is 0 Å². The van der Waals surface area contributed by atoms with Gasteiger partial charge in [-0.1, -0.05) is 11.3 Å². The molecule has 2 aliphatic heterocycles. The number of hydrogen-bond acceptors (Lipinski definition) is 7. The number of aromatic nitrogens is 3. The highest BCUT2D eigenvalue weighted by atomic mass is 32.1. The van der Waals surface area contributed by atoms with Gasteiger partial charge in [-0.2, -0.15) is 0 Å². The maximum Gasteiger partial charge on any atom is 0.208 e. The maximum absolute atomic E-state index is 6.08. The molecule has 122 valence electrons. The zero-order valence-corrected chi connectivity index (χ0v) is 14.0.